The minimum Gasteiger partial charge on any atom is -0.495 e. The highest BCUT2D eigenvalue weighted by molar-refractivity contribution is 7.92. The Bertz CT molecular complexity index is 1600. The maximum Gasteiger partial charge on any atom is 0.264 e. The second-order valence-electron chi connectivity index (χ2n) is 10.9. The Kier molecular flexibility index (Phi) is 11.5. The third kappa shape index (κ3) is 8.18. The summed E-state index contributed by atoms with van der Waals surface area (Å²) in [5.41, 5.74) is 1.67. The van der Waals surface area contributed by atoms with Crippen molar-refractivity contribution in [1.82, 2.24) is 10.2 Å². The number of sulfonamides is 1. The Morgan fingerprint density at radius 2 is 1.61 bits per heavy atom. The van der Waals surface area contributed by atoms with E-state index in [0.29, 0.717) is 21.4 Å². The van der Waals surface area contributed by atoms with E-state index in [0.717, 1.165) is 42.0 Å². The van der Waals surface area contributed by atoms with Crippen molar-refractivity contribution in [2.24, 2.45) is 0 Å². The average Bonchev–Trinajstić information content (AvgIpc) is 3.00. The second kappa shape index (κ2) is 14.9. The molecule has 12 heteroatoms. The summed E-state index contributed by atoms with van der Waals surface area (Å²) < 4.78 is 34.3. The molecule has 44 heavy (non-hydrogen) atoms. The molecule has 1 fully saturated rings. The molecule has 0 aliphatic heterocycles. The fraction of sp³-hybridized carbons (Fsp3) is 0.375. The van der Waals surface area contributed by atoms with Crippen molar-refractivity contribution < 1.29 is 22.7 Å². The van der Waals surface area contributed by atoms with Gasteiger partial charge in [0.05, 0.1) is 32.8 Å². The van der Waals surface area contributed by atoms with Crippen LogP contribution in [0.25, 0.3) is 0 Å². The molecule has 1 N–H and O–H groups in total. The number of hydrogen-bond donors (Lipinski definition) is 1. The third-order valence-electron chi connectivity index (χ3n) is 7.77. The number of carbonyl (C=O) groups is 2. The molecule has 0 radical (unpaired) electrons. The van der Waals surface area contributed by atoms with Crippen LogP contribution in [-0.2, 0) is 26.2 Å². The number of rotatable bonds is 11. The van der Waals surface area contributed by atoms with Gasteiger partial charge in [0.15, 0.2) is 0 Å². The molecule has 3 aromatic carbocycles. The lowest BCUT2D eigenvalue weighted by Crippen LogP contribution is -2.53. The number of nitrogens with one attached hydrogen (secondary N) is 1. The van der Waals surface area contributed by atoms with Crippen molar-refractivity contribution in [2.45, 2.75) is 69.5 Å². The summed E-state index contributed by atoms with van der Waals surface area (Å²) in [5, 5.41) is 3.91. The molecule has 0 spiro atoms. The first-order valence-corrected chi connectivity index (χ1v) is 16.9. The molecule has 0 heterocycles. The topological polar surface area (TPSA) is 96.0 Å². The summed E-state index contributed by atoms with van der Waals surface area (Å²) in [6.45, 7) is 2.89. The molecule has 0 saturated heterocycles. The van der Waals surface area contributed by atoms with Gasteiger partial charge in [0.25, 0.3) is 10.0 Å². The Morgan fingerprint density at radius 3 is 2.23 bits per heavy atom. The first kappa shape index (κ1) is 33.9. The maximum absolute atomic E-state index is 14.2. The summed E-state index contributed by atoms with van der Waals surface area (Å²) in [4.78, 5) is 29.0. The predicted octanol–water partition coefficient (Wildman–Crippen LogP) is 7.03. The molecule has 1 atom stereocenters. The van der Waals surface area contributed by atoms with Gasteiger partial charge in [-0.2, -0.15) is 0 Å². The van der Waals surface area contributed by atoms with Gasteiger partial charge >= 0.3 is 0 Å². The van der Waals surface area contributed by atoms with Gasteiger partial charge in [-0.1, -0.05) is 77.8 Å². The number of carbonyl (C=O) groups excluding carboxylic acids is 2. The molecule has 8 nitrogen and oxygen atoms in total. The zero-order valence-corrected chi connectivity index (χ0v) is 27.9. The molecule has 1 aliphatic rings. The molecule has 2 amide bonds. The minimum absolute atomic E-state index is 0.00182. The normalized spacial score (nSPS) is 14.5. The number of halogens is 3. The molecule has 1 saturated carbocycles. The van der Waals surface area contributed by atoms with Gasteiger partial charge < -0.3 is 15.0 Å². The Morgan fingerprint density at radius 1 is 0.932 bits per heavy atom. The fourth-order valence-electron chi connectivity index (χ4n) is 5.16. The number of methoxy groups -OCH3 is 1. The number of ether oxygens (including phenoxy) is 1. The lowest BCUT2D eigenvalue weighted by molar-refractivity contribution is -0.139. The molecular weight excluding hydrogens is 645 g/mol. The Hall–Kier alpha value is -2.98. The van der Waals surface area contributed by atoms with E-state index >= 15 is 0 Å². The molecule has 0 unspecified atom stereocenters. The maximum atomic E-state index is 14.2. The van der Waals surface area contributed by atoms with Crippen LogP contribution < -0.4 is 14.4 Å². The molecule has 0 bridgehead atoms. The SMILES string of the molecule is COc1ccc(N(CC(=O)N(Cc2ccc(Cl)c(Cl)c2)[C@@H](C)C(=O)NC2CCCCC2)S(=O)(=O)c2ccc(C)cc2)cc1Cl. The van der Waals surface area contributed by atoms with Crippen LogP contribution in [0.3, 0.4) is 0 Å². The molecular formula is C32H36Cl3N3O5S. The van der Waals surface area contributed by atoms with Gasteiger partial charge in [0.2, 0.25) is 11.8 Å². The third-order valence-corrected chi connectivity index (χ3v) is 10.6. The second-order valence-corrected chi connectivity index (χ2v) is 14.0. The Balaban J connectivity index is 1.72. The van der Waals surface area contributed by atoms with Gasteiger partial charge in [-0.15, -0.1) is 0 Å². The zero-order valence-electron chi connectivity index (χ0n) is 24.9. The predicted molar refractivity (Wildman–Crippen MR) is 175 cm³/mol. The summed E-state index contributed by atoms with van der Waals surface area (Å²) >= 11 is 18.8. The van der Waals surface area contributed by atoms with Gasteiger partial charge in [-0.05, 0) is 74.7 Å². The van der Waals surface area contributed by atoms with Gasteiger partial charge in [-0.3, -0.25) is 13.9 Å². The van der Waals surface area contributed by atoms with E-state index in [1.165, 1.54) is 42.3 Å². The molecule has 236 valence electrons. The van der Waals surface area contributed by atoms with Crippen molar-refractivity contribution >= 4 is 62.3 Å². The lowest BCUT2D eigenvalue weighted by atomic mass is 9.95. The molecule has 0 aromatic heterocycles. The van der Waals surface area contributed by atoms with E-state index in [1.807, 2.05) is 6.92 Å². The van der Waals surface area contributed by atoms with Crippen LogP contribution in [0.5, 0.6) is 5.75 Å². The van der Waals surface area contributed by atoms with Crippen molar-refractivity contribution in [3.8, 4) is 5.75 Å². The van der Waals surface area contributed by atoms with Crippen LogP contribution in [-0.4, -0.2) is 50.9 Å². The zero-order chi connectivity index (χ0) is 32.0. The van der Waals surface area contributed by atoms with E-state index in [2.05, 4.69) is 5.32 Å². The van der Waals surface area contributed by atoms with Crippen LogP contribution in [0.1, 0.15) is 50.2 Å². The van der Waals surface area contributed by atoms with Gasteiger partial charge in [-0.25, -0.2) is 8.42 Å². The number of benzene rings is 3. The van der Waals surface area contributed by atoms with E-state index < -0.39 is 28.5 Å². The minimum atomic E-state index is -4.24. The highest BCUT2D eigenvalue weighted by Crippen LogP contribution is 2.32. The summed E-state index contributed by atoms with van der Waals surface area (Å²) in [6.07, 6.45) is 4.94. The van der Waals surface area contributed by atoms with Crippen LogP contribution in [0, 0.1) is 6.92 Å². The van der Waals surface area contributed by atoms with Crippen LogP contribution >= 0.6 is 34.8 Å². The molecule has 4 rings (SSSR count). The Labute approximate surface area is 274 Å². The standard InChI is InChI=1S/C32H36Cl3N3O5S/c1-21-9-13-26(14-10-21)44(41,42)38(25-12-16-30(43-3)29(35)18-25)20-31(39)37(19-23-11-15-27(33)28(34)17-23)22(2)32(40)36-24-7-5-4-6-8-24/h9-18,22,24H,4-8,19-20H2,1-3H3,(H,36,40)/t22-/m0/s1. The van der Waals surface area contributed by atoms with Gasteiger partial charge in [0, 0.05) is 12.6 Å². The highest BCUT2D eigenvalue weighted by atomic mass is 35.5. The van der Waals surface area contributed by atoms with Crippen LogP contribution in [0.15, 0.2) is 65.6 Å². The van der Waals surface area contributed by atoms with Crippen molar-refractivity contribution in [3.63, 3.8) is 0 Å². The molecule has 3 aromatic rings. The monoisotopic (exact) mass is 679 g/mol. The quantitative estimate of drug-likeness (QED) is 0.235. The highest BCUT2D eigenvalue weighted by Gasteiger charge is 2.33. The van der Waals surface area contributed by atoms with E-state index in [4.69, 9.17) is 39.5 Å². The average molecular weight is 681 g/mol. The first-order valence-electron chi connectivity index (χ1n) is 14.4. The van der Waals surface area contributed by atoms with E-state index in [9.17, 15) is 18.0 Å². The van der Waals surface area contributed by atoms with Gasteiger partial charge in [0.1, 0.15) is 18.3 Å². The van der Waals surface area contributed by atoms with E-state index in [-0.39, 0.29) is 34.1 Å². The largest absolute Gasteiger partial charge is 0.495 e. The van der Waals surface area contributed by atoms with Crippen molar-refractivity contribution in [3.05, 3.63) is 86.9 Å². The van der Waals surface area contributed by atoms with Crippen LogP contribution in [0.2, 0.25) is 15.1 Å². The summed E-state index contributed by atoms with van der Waals surface area (Å²) in [6, 6.07) is 14.9. The number of aryl methyl sites for hydroxylation is 1. The summed E-state index contributed by atoms with van der Waals surface area (Å²) in [7, 11) is -2.79. The smallest absolute Gasteiger partial charge is 0.264 e. The fourth-order valence-corrected chi connectivity index (χ4v) is 7.14. The van der Waals surface area contributed by atoms with Crippen LogP contribution in [0.4, 0.5) is 5.69 Å². The lowest BCUT2D eigenvalue weighted by Gasteiger charge is -2.33. The molecule has 1 aliphatic carbocycles. The first-order chi connectivity index (χ1) is 20.9. The number of anilines is 1. The van der Waals surface area contributed by atoms with Crippen molar-refractivity contribution in [2.75, 3.05) is 18.0 Å². The number of nitrogens with zero attached hydrogens (tertiary/aromatic N) is 2. The van der Waals surface area contributed by atoms with Crippen molar-refractivity contribution in [1.29, 1.82) is 0 Å². The number of amides is 2. The van der Waals surface area contributed by atoms with E-state index in [1.54, 1.807) is 37.3 Å². The summed E-state index contributed by atoms with van der Waals surface area (Å²) in [5.74, 6) is -0.556. The number of hydrogen-bond acceptors (Lipinski definition) is 5.